The van der Waals surface area contributed by atoms with Gasteiger partial charge in [-0.15, -0.1) is 0 Å². The highest BCUT2D eigenvalue weighted by Gasteiger charge is 2.45. The van der Waals surface area contributed by atoms with Crippen LogP contribution in [0.15, 0.2) is 91.0 Å². The topological polar surface area (TPSA) is 55.4 Å². The quantitative estimate of drug-likeness (QED) is 0.184. The van der Waals surface area contributed by atoms with Crippen molar-refractivity contribution in [1.29, 1.82) is 0 Å². The van der Waals surface area contributed by atoms with Crippen LogP contribution in [-0.4, -0.2) is 17.4 Å². The molecule has 0 fully saturated rings. The molecule has 3 heterocycles. The van der Waals surface area contributed by atoms with Gasteiger partial charge in [-0.3, -0.25) is 0 Å². The molecule has 0 amide bonds. The smallest absolute Gasteiger partial charge is 0.246 e. The summed E-state index contributed by atoms with van der Waals surface area (Å²) in [6.07, 6.45) is 0. The highest BCUT2D eigenvalue weighted by atomic mass is 31.1. The zero-order valence-corrected chi connectivity index (χ0v) is 27.5. The van der Waals surface area contributed by atoms with E-state index in [1.165, 1.54) is 0 Å². The Morgan fingerprint density at radius 2 is 0.674 bits per heavy atom. The lowest BCUT2D eigenvalue weighted by Crippen LogP contribution is -2.33. The van der Waals surface area contributed by atoms with Crippen LogP contribution in [0.1, 0.15) is 41.5 Å². The van der Waals surface area contributed by atoms with Gasteiger partial charge < -0.3 is 28.4 Å². The van der Waals surface area contributed by atoms with Crippen molar-refractivity contribution < 1.29 is 28.4 Å². The van der Waals surface area contributed by atoms with E-state index in [0.717, 1.165) is 82.7 Å². The average Bonchev–Trinajstić information content (AvgIpc) is 3.60. The third-order valence-electron chi connectivity index (χ3n) is 8.61. The van der Waals surface area contributed by atoms with Gasteiger partial charge in [0.25, 0.3) is 0 Å². The third-order valence-corrected chi connectivity index (χ3v) is 11.3. The average molecular weight is 629 g/mol. The molecule has 46 heavy (non-hydrogen) atoms. The summed E-state index contributed by atoms with van der Waals surface area (Å²) in [6, 6.07) is 31.6. The van der Waals surface area contributed by atoms with Gasteiger partial charge in [-0.25, -0.2) is 0 Å². The molecule has 3 aliphatic rings. The molecule has 0 aromatic heterocycles. The van der Waals surface area contributed by atoms with Gasteiger partial charge in [-0.05, 0) is 50.5 Å². The fourth-order valence-corrected chi connectivity index (χ4v) is 10.1. The summed E-state index contributed by atoms with van der Waals surface area (Å²) in [5.74, 6) is 1.80. The maximum Gasteiger partial charge on any atom is 0.246 e. The molecule has 9 rings (SSSR count). The van der Waals surface area contributed by atoms with Crippen molar-refractivity contribution in [1.82, 2.24) is 0 Å². The molecule has 6 aromatic carbocycles. The van der Waals surface area contributed by atoms with Crippen molar-refractivity contribution in [2.75, 3.05) is 0 Å². The van der Waals surface area contributed by atoms with Crippen LogP contribution in [0.25, 0.3) is 32.3 Å². The first-order valence-electron chi connectivity index (χ1n) is 15.6. The molecule has 0 unspecified atom stereocenters. The molecule has 0 saturated carbocycles. The predicted octanol–water partition coefficient (Wildman–Crippen LogP) is 8.43. The van der Waals surface area contributed by atoms with E-state index in [1.807, 2.05) is 41.5 Å². The lowest BCUT2D eigenvalue weighted by atomic mass is 10.1. The number of rotatable bonds is 3. The van der Waals surface area contributed by atoms with Crippen LogP contribution in [0.2, 0.25) is 0 Å². The molecule has 0 bridgehead atoms. The molecular formula is C39H33O6P. The van der Waals surface area contributed by atoms with E-state index in [-0.39, 0.29) is 0 Å². The molecule has 3 aliphatic heterocycles. The number of hydrogen-bond donors (Lipinski definition) is 0. The summed E-state index contributed by atoms with van der Waals surface area (Å²) in [5.41, 5.74) is 0. The van der Waals surface area contributed by atoms with Gasteiger partial charge >= 0.3 is 0 Å². The first-order valence-corrected chi connectivity index (χ1v) is 16.9. The fourth-order valence-electron chi connectivity index (χ4n) is 6.97. The molecule has 6 nitrogen and oxygen atoms in total. The lowest BCUT2D eigenvalue weighted by Gasteiger charge is -2.28. The van der Waals surface area contributed by atoms with Crippen molar-refractivity contribution >= 4 is 56.2 Å². The molecule has 0 atom stereocenters. The maximum absolute atomic E-state index is 6.75. The van der Waals surface area contributed by atoms with Crippen molar-refractivity contribution in [2.24, 2.45) is 0 Å². The second-order valence-electron chi connectivity index (χ2n) is 13.5. The largest absolute Gasteiger partial charge is 0.449 e. The molecule has 0 aliphatic carbocycles. The molecule has 0 saturated heterocycles. The van der Waals surface area contributed by atoms with E-state index in [9.17, 15) is 0 Å². The number of benzene rings is 6. The van der Waals surface area contributed by atoms with Gasteiger partial charge in [0, 0.05) is 65.4 Å². The molecule has 6 aromatic rings. The van der Waals surface area contributed by atoms with E-state index in [1.54, 1.807) is 0 Å². The van der Waals surface area contributed by atoms with E-state index >= 15 is 0 Å². The molecular weight excluding hydrogens is 595 g/mol. The Balaban J connectivity index is 1.51. The van der Waals surface area contributed by atoms with Crippen molar-refractivity contribution in [3.63, 3.8) is 0 Å². The van der Waals surface area contributed by atoms with Crippen LogP contribution in [0.5, 0.6) is 34.5 Å². The lowest BCUT2D eigenvalue weighted by molar-refractivity contribution is -0.0432. The van der Waals surface area contributed by atoms with Crippen LogP contribution < -0.4 is 44.3 Å². The monoisotopic (exact) mass is 628 g/mol. The molecule has 0 radical (unpaired) electrons. The molecule has 0 N–H and O–H groups in total. The van der Waals surface area contributed by atoms with Gasteiger partial charge in [0.2, 0.25) is 17.4 Å². The minimum Gasteiger partial charge on any atom is -0.449 e. The zero-order valence-electron chi connectivity index (χ0n) is 26.6. The first kappa shape index (κ1) is 27.6. The Hall–Kier alpha value is -4.67. The minimum absolute atomic E-state index is 0.718. The van der Waals surface area contributed by atoms with Gasteiger partial charge in [0.05, 0.1) is 0 Å². The summed E-state index contributed by atoms with van der Waals surface area (Å²) < 4.78 is 39.7. The molecule has 7 heteroatoms. The van der Waals surface area contributed by atoms with Gasteiger partial charge in [-0.2, -0.15) is 0 Å². The summed E-state index contributed by atoms with van der Waals surface area (Å²) in [7, 11) is -1.49. The van der Waals surface area contributed by atoms with E-state index in [0.29, 0.717) is 0 Å². The maximum atomic E-state index is 6.75. The van der Waals surface area contributed by atoms with E-state index in [2.05, 4.69) is 91.0 Å². The Labute approximate surface area is 268 Å². The zero-order chi connectivity index (χ0) is 31.6. The van der Waals surface area contributed by atoms with Gasteiger partial charge in [-0.1, -0.05) is 72.8 Å². The van der Waals surface area contributed by atoms with Gasteiger partial charge in [0.15, 0.2) is 34.5 Å². The number of fused-ring (bicyclic) bond motifs is 6. The summed E-state index contributed by atoms with van der Waals surface area (Å²) in [4.78, 5) is 0. The fraction of sp³-hybridized carbons (Fsp3) is 0.231. The van der Waals surface area contributed by atoms with E-state index < -0.39 is 25.3 Å². The van der Waals surface area contributed by atoms with E-state index in [4.69, 9.17) is 28.4 Å². The van der Waals surface area contributed by atoms with Crippen molar-refractivity contribution in [2.45, 2.75) is 58.9 Å². The van der Waals surface area contributed by atoms with Crippen molar-refractivity contribution in [3.05, 3.63) is 91.0 Å². The van der Waals surface area contributed by atoms with Crippen LogP contribution in [0.3, 0.4) is 0 Å². The highest BCUT2D eigenvalue weighted by Crippen LogP contribution is 2.57. The minimum atomic E-state index is -1.49. The summed E-state index contributed by atoms with van der Waals surface area (Å²) in [6.45, 7) is 11.7. The number of hydrogen-bond acceptors (Lipinski definition) is 6. The Bertz CT molecular complexity index is 2010. The standard InChI is InChI=1S/C39H33O6P/c1-37(2)40-28-19-22-13-7-10-16-25(22)34(31(28)43-37)46(35-26-17-11-8-14-23(26)20-29-32(35)44-38(3,4)41-29)36-27-18-12-9-15-24(27)21-30-33(36)45-39(5,6)42-30/h7-21H,1-6H3. The van der Waals surface area contributed by atoms with Gasteiger partial charge in [0.1, 0.15) is 0 Å². The SMILES string of the molecule is CC1(C)Oc2cc3ccccc3c(P(c3c4c(cc5ccccc35)OC(C)(C)O4)c3c4c(cc5ccccc35)OC(C)(C)O4)c2O1. The summed E-state index contributed by atoms with van der Waals surface area (Å²) >= 11 is 0. The second kappa shape index (κ2) is 9.20. The van der Waals surface area contributed by atoms with Crippen molar-refractivity contribution in [3.8, 4) is 34.5 Å². The molecule has 230 valence electrons. The van der Waals surface area contributed by atoms with Crippen LogP contribution in [0.4, 0.5) is 0 Å². The van der Waals surface area contributed by atoms with Crippen LogP contribution >= 0.6 is 7.92 Å². The Morgan fingerprint density at radius 3 is 0.978 bits per heavy atom. The predicted molar refractivity (Wildman–Crippen MR) is 184 cm³/mol. The van der Waals surface area contributed by atoms with Crippen LogP contribution in [0, 0.1) is 0 Å². The highest BCUT2D eigenvalue weighted by molar-refractivity contribution is 7.81. The first-order chi connectivity index (χ1) is 22.0. The Kier molecular flexibility index (Phi) is 5.53. The van der Waals surface area contributed by atoms with Crippen LogP contribution in [-0.2, 0) is 0 Å². The number of ether oxygens (including phenoxy) is 6. The summed E-state index contributed by atoms with van der Waals surface area (Å²) in [5, 5.41) is 9.53. The second-order valence-corrected chi connectivity index (χ2v) is 15.5. The third kappa shape index (κ3) is 4.13. The molecule has 0 spiro atoms. The Morgan fingerprint density at radius 1 is 0.391 bits per heavy atom. The normalized spacial score (nSPS) is 17.8.